The molecule has 5 atom stereocenters. The fourth-order valence-electron chi connectivity index (χ4n) is 6.04. The van der Waals surface area contributed by atoms with E-state index in [-0.39, 0.29) is 68.9 Å². The summed E-state index contributed by atoms with van der Waals surface area (Å²) >= 11 is 0. The van der Waals surface area contributed by atoms with Crippen molar-refractivity contribution >= 4 is 0 Å². The first-order valence-electron chi connectivity index (χ1n) is 12.7. The van der Waals surface area contributed by atoms with Crippen LogP contribution in [0.1, 0.15) is 39.8 Å². The second kappa shape index (κ2) is 8.50. The van der Waals surface area contributed by atoms with Crippen molar-refractivity contribution in [2.24, 2.45) is 0 Å². The van der Waals surface area contributed by atoms with Crippen LogP contribution in [-0.4, -0.2) is 53.1 Å². The van der Waals surface area contributed by atoms with Crippen molar-refractivity contribution in [1.82, 2.24) is 0 Å². The van der Waals surface area contributed by atoms with Gasteiger partial charge in [0.25, 0.3) is 0 Å². The maximum absolute atomic E-state index is 11.9. The molecule has 11 heteroatoms. The van der Waals surface area contributed by atoms with Crippen LogP contribution in [0.15, 0.2) is 60.7 Å². The molecule has 3 aliphatic rings. The predicted molar refractivity (Wildman–Crippen MR) is 140 cm³/mol. The van der Waals surface area contributed by atoms with Gasteiger partial charge in [0.05, 0.1) is 12.0 Å². The van der Waals surface area contributed by atoms with Crippen molar-refractivity contribution in [3.63, 3.8) is 0 Å². The largest absolute Gasteiger partial charge is 0.508 e. The first-order valence-corrected chi connectivity index (χ1v) is 12.7. The fraction of sp³-hybridized carbons (Fsp3) is 0.200. The van der Waals surface area contributed by atoms with Crippen molar-refractivity contribution in [3.05, 3.63) is 88.5 Å². The van der Waals surface area contributed by atoms with E-state index in [1.54, 1.807) is 12.1 Å². The van der Waals surface area contributed by atoms with E-state index in [4.69, 9.17) is 14.2 Å². The van der Waals surface area contributed by atoms with Crippen LogP contribution in [0.5, 0.6) is 51.7 Å². The van der Waals surface area contributed by atoms with E-state index in [9.17, 15) is 40.9 Å². The van der Waals surface area contributed by atoms with Crippen LogP contribution in [0.2, 0.25) is 0 Å². The molecule has 0 saturated heterocycles. The zero-order chi connectivity index (χ0) is 28.8. The highest BCUT2D eigenvalue weighted by Gasteiger charge is 2.60. The first-order chi connectivity index (χ1) is 19.6. The number of ether oxygens (including phenoxy) is 3. The third-order valence-electron chi connectivity index (χ3n) is 7.92. The topological polar surface area (TPSA) is 190 Å². The van der Waals surface area contributed by atoms with Gasteiger partial charge in [0.1, 0.15) is 52.5 Å². The van der Waals surface area contributed by atoms with E-state index >= 15 is 0 Å². The van der Waals surface area contributed by atoms with Crippen LogP contribution in [0, 0.1) is 0 Å². The molecule has 3 heterocycles. The Bertz CT molecular complexity index is 1720. The number of aromatic hydroxyl groups is 6. The summed E-state index contributed by atoms with van der Waals surface area (Å²) in [5, 5.41) is 85.0. The lowest BCUT2D eigenvalue weighted by Gasteiger charge is -2.50. The quantitative estimate of drug-likeness (QED) is 0.168. The Morgan fingerprint density at radius 1 is 0.659 bits per heavy atom. The molecule has 11 nitrogen and oxygen atoms in total. The molecule has 41 heavy (non-hydrogen) atoms. The zero-order valence-corrected chi connectivity index (χ0v) is 21.1. The number of hydrogen-bond acceptors (Lipinski definition) is 11. The molecule has 210 valence electrons. The predicted octanol–water partition coefficient (Wildman–Crippen LogP) is 3.09. The summed E-state index contributed by atoms with van der Waals surface area (Å²) in [6, 6.07) is 13.4. The fourth-order valence-corrected chi connectivity index (χ4v) is 6.04. The summed E-state index contributed by atoms with van der Waals surface area (Å²) in [5.41, 5.74) is 1.26. The average molecular weight is 561 g/mol. The molecule has 3 unspecified atom stereocenters. The Morgan fingerprint density at radius 2 is 1.37 bits per heavy atom. The molecule has 0 aromatic heterocycles. The highest BCUT2D eigenvalue weighted by atomic mass is 16.7. The van der Waals surface area contributed by atoms with Crippen LogP contribution >= 0.6 is 0 Å². The number of aliphatic hydroxyl groups is 2. The molecule has 0 radical (unpaired) electrons. The molecule has 3 aliphatic heterocycles. The Balaban J connectivity index is 1.48. The summed E-state index contributed by atoms with van der Waals surface area (Å²) in [6.45, 7) is 0. The molecule has 0 aliphatic carbocycles. The van der Waals surface area contributed by atoms with Crippen molar-refractivity contribution in [3.8, 4) is 51.7 Å². The molecule has 0 amide bonds. The van der Waals surface area contributed by atoms with Crippen LogP contribution in [0.25, 0.3) is 0 Å². The Morgan fingerprint density at radius 3 is 2.07 bits per heavy atom. The normalized spacial score (nSPS) is 25.5. The minimum atomic E-state index is -2.05. The van der Waals surface area contributed by atoms with Crippen molar-refractivity contribution in [2.45, 2.75) is 36.4 Å². The van der Waals surface area contributed by atoms with E-state index in [1.165, 1.54) is 36.4 Å². The summed E-state index contributed by atoms with van der Waals surface area (Å²) < 4.78 is 18.7. The molecular formula is C30H24O11. The summed E-state index contributed by atoms with van der Waals surface area (Å²) in [6.07, 6.45) is -3.60. The average Bonchev–Trinajstić information content (AvgIpc) is 2.91. The Hall–Kier alpha value is -5.00. The number of fused-ring (bicyclic) bond motifs is 8. The smallest absolute Gasteiger partial charge is 0.305 e. The maximum atomic E-state index is 11.9. The van der Waals surface area contributed by atoms with E-state index in [2.05, 4.69) is 0 Å². The monoisotopic (exact) mass is 560 g/mol. The molecule has 0 fully saturated rings. The number of aliphatic hydroxyl groups excluding tert-OH is 2. The third kappa shape index (κ3) is 3.52. The second-order valence-corrected chi connectivity index (χ2v) is 10.4. The van der Waals surface area contributed by atoms with Gasteiger partial charge in [0, 0.05) is 46.9 Å². The molecule has 4 aromatic rings. The van der Waals surface area contributed by atoms with Crippen LogP contribution < -0.4 is 14.2 Å². The summed E-state index contributed by atoms with van der Waals surface area (Å²) in [7, 11) is 0. The third-order valence-corrected chi connectivity index (χ3v) is 7.92. The number of rotatable bonds is 2. The SMILES string of the molecule is Oc1ccc(C2Oc3c(c(O)cc4c3C3c5c(O)cc(O)cc5O[C@@](c5ccc(O)c(O)c5)(O4)[C@@H]3O)CC2O)cc1. The number of benzene rings is 4. The van der Waals surface area contributed by atoms with Crippen LogP contribution in [0.4, 0.5) is 0 Å². The van der Waals surface area contributed by atoms with Gasteiger partial charge in [-0.25, -0.2) is 0 Å². The lowest BCUT2D eigenvalue weighted by molar-refractivity contribution is -0.219. The zero-order valence-electron chi connectivity index (χ0n) is 21.1. The van der Waals surface area contributed by atoms with Gasteiger partial charge < -0.3 is 55.1 Å². The number of phenols is 6. The highest BCUT2D eigenvalue weighted by Crippen LogP contribution is 2.62. The molecule has 2 bridgehead atoms. The molecule has 4 aromatic carbocycles. The van der Waals surface area contributed by atoms with Crippen molar-refractivity contribution in [2.75, 3.05) is 0 Å². The maximum Gasteiger partial charge on any atom is 0.305 e. The van der Waals surface area contributed by atoms with Crippen LogP contribution in [-0.2, 0) is 12.2 Å². The summed E-state index contributed by atoms with van der Waals surface area (Å²) in [4.78, 5) is 0. The first kappa shape index (κ1) is 25.0. The van der Waals surface area contributed by atoms with E-state index < -0.39 is 41.5 Å². The minimum Gasteiger partial charge on any atom is -0.508 e. The Kier molecular flexibility index (Phi) is 5.18. The lowest BCUT2D eigenvalue weighted by atomic mass is 9.74. The number of phenolic OH excluding ortho intramolecular Hbond substituents is 6. The van der Waals surface area contributed by atoms with E-state index in [0.29, 0.717) is 5.56 Å². The highest BCUT2D eigenvalue weighted by molar-refractivity contribution is 5.68. The molecular weight excluding hydrogens is 536 g/mol. The lowest BCUT2D eigenvalue weighted by Crippen LogP contribution is -2.57. The van der Waals surface area contributed by atoms with Gasteiger partial charge in [-0.15, -0.1) is 0 Å². The Labute approximate surface area is 231 Å². The number of hydrogen-bond donors (Lipinski definition) is 8. The van der Waals surface area contributed by atoms with Crippen molar-refractivity contribution in [1.29, 1.82) is 0 Å². The van der Waals surface area contributed by atoms with Gasteiger partial charge >= 0.3 is 5.79 Å². The summed E-state index contributed by atoms with van der Waals surface area (Å²) in [5.74, 6) is -4.89. The second-order valence-electron chi connectivity index (χ2n) is 10.4. The van der Waals surface area contributed by atoms with Gasteiger partial charge in [-0.2, -0.15) is 0 Å². The van der Waals surface area contributed by atoms with Crippen LogP contribution in [0.3, 0.4) is 0 Å². The van der Waals surface area contributed by atoms with E-state index in [1.807, 2.05) is 0 Å². The van der Waals surface area contributed by atoms with Crippen molar-refractivity contribution < 1.29 is 55.1 Å². The molecule has 0 spiro atoms. The molecule has 7 rings (SSSR count). The molecule has 0 saturated carbocycles. The van der Waals surface area contributed by atoms with E-state index in [0.717, 1.165) is 12.1 Å². The standard InChI is InChI=1S/C30H24O11/c31-14-4-1-12(2-5-14)27-21(37)10-16-18(34)11-23-25(28(16)39-27)26-24-20(36)8-15(32)9-22(24)40-30(41-23,29(26)38)13-3-6-17(33)19(35)7-13/h1-9,11,21,26-27,29,31-38H,10H2/t21?,26?,27?,29-,30+/m1/s1. The van der Waals surface area contributed by atoms with Gasteiger partial charge in [-0.05, 0) is 35.9 Å². The van der Waals surface area contributed by atoms with Gasteiger partial charge in [-0.3, -0.25) is 0 Å². The molecule has 8 N–H and O–H groups in total. The van der Waals surface area contributed by atoms with Gasteiger partial charge in [-0.1, -0.05) is 12.1 Å². The van der Waals surface area contributed by atoms with Gasteiger partial charge in [0.15, 0.2) is 11.5 Å². The minimum absolute atomic E-state index is 0.0231. The van der Waals surface area contributed by atoms with Gasteiger partial charge in [0.2, 0.25) is 0 Å².